The number of thioether (sulfide) groups is 1. The highest BCUT2D eigenvalue weighted by atomic mass is 35.5. The number of carbonyl (C=O) groups excluding carboxylic acids is 1. The molecule has 110 valence electrons. The Morgan fingerprint density at radius 1 is 1.14 bits per heavy atom. The van der Waals surface area contributed by atoms with E-state index < -0.39 is 0 Å². The number of para-hydroxylation sites is 1. The van der Waals surface area contributed by atoms with Crippen LogP contribution in [0.4, 0.5) is 5.69 Å². The summed E-state index contributed by atoms with van der Waals surface area (Å²) < 4.78 is 0. The third-order valence-corrected chi connectivity index (χ3v) is 4.54. The van der Waals surface area contributed by atoms with Gasteiger partial charge in [0.25, 0.3) is 0 Å². The molecule has 4 heteroatoms. The summed E-state index contributed by atoms with van der Waals surface area (Å²) in [6.45, 7) is 5.89. The minimum atomic E-state index is -0.192. The summed E-state index contributed by atoms with van der Waals surface area (Å²) in [5.41, 5.74) is 3.05. The highest BCUT2D eigenvalue weighted by Crippen LogP contribution is 2.27. The second kappa shape index (κ2) is 7.01. The quantitative estimate of drug-likeness (QED) is 0.796. The maximum atomic E-state index is 12.3. The molecule has 0 saturated carbocycles. The molecule has 1 unspecified atom stereocenters. The summed E-state index contributed by atoms with van der Waals surface area (Å²) in [5, 5.41) is 3.51. The Kier molecular flexibility index (Phi) is 5.32. The molecular weight excluding hydrogens is 302 g/mol. The van der Waals surface area contributed by atoms with Crippen molar-refractivity contribution in [3.63, 3.8) is 0 Å². The monoisotopic (exact) mass is 319 g/mol. The molecule has 0 fully saturated rings. The third kappa shape index (κ3) is 4.26. The van der Waals surface area contributed by atoms with Crippen molar-refractivity contribution in [3.05, 3.63) is 58.6 Å². The van der Waals surface area contributed by atoms with Gasteiger partial charge in [0.15, 0.2) is 0 Å². The van der Waals surface area contributed by atoms with Crippen LogP contribution in [0, 0.1) is 13.8 Å². The molecule has 1 atom stereocenters. The molecule has 0 aromatic heterocycles. The van der Waals surface area contributed by atoms with Crippen LogP contribution < -0.4 is 5.32 Å². The van der Waals surface area contributed by atoms with Crippen molar-refractivity contribution in [1.82, 2.24) is 0 Å². The summed E-state index contributed by atoms with van der Waals surface area (Å²) >= 11 is 7.47. The maximum Gasteiger partial charge on any atom is 0.237 e. The van der Waals surface area contributed by atoms with Crippen LogP contribution in [0.3, 0.4) is 0 Å². The van der Waals surface area contributed by atoms with Crippen molar-refractivity contribution in [2.45, 2.75) is 30.9 Å². The first kappa shape index (κ1) is 15.9. The van der Waals surface area contributed by atoms with Crippen molar-refractivity contribution in [3.8, 4) is 0 Å². The van der Waals surface area contributed by atoms with Crippen LogP contribution in [0.15, 0.2) is 47.4 Å². The van der Waals surface area contributed by atoms with Crippen LogP contribution in [0.25, 0.3) is 0 Å². The predicted molar refractivity (Wildman–Crippen MR) is 91.3 cm³/mol. The molecular formula is C17H18ClNOS. The molecule has 0 saturated heterocycles. The molecule has 21 heavy (non-hydrogen) atoms. The van der Waals surface area contributed by atoms with Crippen molar-refractivity contribution in [2.24, 2.45) is 0 Å². The van der Waals surface area contributed by atoms with Crippen LogP contribution >= 0.6 is 23.4 Å². The average molecular weight is 320 g/mol. The summed E-state index contributed by atoms with van der Waals surface area (Å²) in [6.07, 6.45) is 0. The molecule has 0 spiro atoms. The maximum absolute atomic E-state index is 12.3. The molecule has 2 aromatic rings. The van der Waals surface area contributed by atoms with Gasteiger partial charge in [-0.1, -0.05) is 35.9 Å². The predicted octanol–water partition coefficient (Wildman–Crippen LogP) is 5.08. The number of hydrogen-bond acceptors (Lipinski definition) is 2. The van der Waals surface area contributed by atoms with Gasteiger partial charge in [-0.2, -0.15) is 0 Å². The summed E-state index contributed by atoms with van der Waals surface area (Å²) in [7, 11) is 0. The summed E-state index contributed by atoms with van der Waals surface area (Å²) in [5.74, 6) is -0.00243. The smallest absolute Gasteiger partial charge is 0.237 e. The zero-order valence-electron chi connectivity index (χ0n) is 12.3. The Morgan fingerprint density at radius 2 is 1.76 bits per heavy atom. The van der Waals surface area contributed by atoms with Crippen LogP contribution in [-0.2, 0) is 4.79 Å². The SMILES string of the molecule is Cc1cccc(C)c1NC(=O)C(C)Sc1cccc(Cl)c1. The van der Waals surface area contributed by atoms with Gasteiger partial charge in [-0.05, 0) is 50.1 Å². The van der Waals surface area contributed by atoms with E-state index >= 15 is 0 Å². The van der Waals surface area contributed by atoms with E-state index in [1.807, 2.05) is 63.2 Å². The molecule has 2 nitrogen and oxygen atoms in total. The fraction of sp³-hybridized carbons (Fsp3) is 0.235. The number of nitrogens with one attached hydrogen (secondary N) is 1. The van der Waals surface area contributed by atoms with Gasteiger partial charge in [-0.25, -0.2) is 0 Å². The molecule has 0 aliphatic heterocycles. The molecule has 0 heterocycles. The Labute approximate surface area is 134 Å². The van der Waals surface area contributed by atoms with Crippen molar-refractivity contribution < 1.29 is 4.79 Å². The van der Waals surface area contributed by atoms with Crippen LogP contribution in [0.1, 0.15) is 18.1 Å². The zero-order chi connectivity index (χ0) is 15.4. The normalized spacial score (nSPS) is 12.0. The lowest BCUT2D eigenvalue weighted by Crippen LogP contribution is -2.23. The molecule has 0 aliphatic carbocycles. The Hall–Kier alpha value is -1.45. The number of benzene rings is 2. The molecule has 1 amide bonds. The lowest BCUT2D eigenvalue weighted by molar-refractivity contribution is -0.115. The fourth-order valence-electron chi connectivity index (χ4n) is 2.03. The van der Waals surface area contributed by atoms with E-state index in [-0.39, 0.29) is 11.2 Å². The molecule has 1 N–H and O–H groups in total. The highest BCUT2D eigenvalue weighted by Gasteiger charge is 2.16. The lowest BCUT2D eigenvalue weighted by Gasteiger charge is -2.15. The Bertz CT molecular complexity index is 637. The van der Waals surface area contributed by atoms with Gasteiger partial charge < -0.3 is 5.32 Å². The van der Waals surface area contributed by atoms with Crippen LogP contribution in [0.5, 0.6) is 0 Å². The number of carbonyl (C=O) groups is 1. The van der Waals surface area contributed by atoms with Crippen LogP contribution in [0.2, 0.25) is 5.02 Å². The lowest BCUT2D eigenvalue weighted by atomic mass is 10.1. The second-order valence-corrected chi connectivity index (χ2v) is 6.82. The number of anilines is 1. The van der Waals surface area contributed by atoms with E-state index in [0.29, 0.717) is 5.02 Å². The minimum absolute atomic E-state index is 0.00243. The third-order valence-electron chi connectivity index (χ3n) is 3.21. The average Bonchev–Trinajstić information content (AvgIpc) is 2.43. The van der Waals surface area contributed by atoms with Gasteiger partial charge in [0.1, 0.15) is 0 Å². The first-order valence-electron chi connectivity index (χ1n) is 6.76. The van der Waals surface area contributed by atoms with E-state index in [4.69, 9.17) is 11.6 Å². The number of rotatable bonds is 4. The minimum Gasteiger partial charge on any atom is -0.325 e. The van der Waals surface area contributed by atoms with Gasteiger partial charge in [-0.3, -0.25) is 4.79 Å². The number of hydrogen-bond donors (Lipinski definition) is 1. The van der Waals surface area contributed by atoms with Crippen molar-refractivity contribution in [1.29, 1.82) is 0 Å². The van der Waals surface area contributed by atoms with Gasteiger partial charge in [-0.15, -0.1) is 11.8 Å². The van der Waals surface area contributed by atoms with E-state index in [9.17, 15) is 4.79 Å². The van der Waals surface area contributed by atoms with Gasteiger partial charge in [0, 0.05) is 15.6 Å². The first-order chi connectivity index (χ1) is 9.97. The highest BCUT2D eigenvalue weighted by molar-refractivity contribution is 8.00. The van der Waals surface area contributed by atoms with Gasteiger partial charge in [0.05, 0.1) is 5.25 Å². The topological polar surface area (TPSA) is 29.1 Å². The van der Waals surface area contributed by atoms with E-state index in [0.717, 1.165) is 21.7 Å². The van der Waals surface area contributed by atoms with E-state index in [1.54, 1.807) is 0 Å². The summed E-state index contributed by atoms with van der Waals surface area (Å²) in [4.78, 5) is 13.3. The Morgan fingerprint density at radius 3 is 2.38 bits per heavy atom. The van der Waals surface area contributed by atoms with Gasteiger partial charge >= 0.3 is 0 Å². The number of amides is 1. The molecule has 0 bridgehead atoms. The fourth-order valence-corrected chi connectivity index (χ4v) is 3.22. The van der Waals surface area contributed by atoms with E-state index in [1.165, 1.54) is 11.8 Å². The van der Waals surface area contributed by atoms with E-state index in [2.05, 4.69) is 5.32 Å². The van der Waals surface area contributed by atoms with Crippen LogP contribution in [-0.4, -0.2) is 11.2 Å². The molecule has 0 radical (unpaired) electrons. The van der Waals surface area contributed by atoms with Crippen molar-refractivity contribution in [2.75, 3.05) is 5.32 Å². The van der Waals surface area contributed by atoms with Gasteiger partial charge in [0.2, 0.25) is 5.91 Å². The standard InChI is InChI=1S/C17H18ClNOS/c1-11-6-4-7-12(2)16(11)19-17(20)13(3)21-15-9-5-8-14(18)10-15/h4-10,13H,1-3H3,(H,19,20). The Balaban J connectivity index is 2.06. The second-order valence-electron chi connectivity index (χ2n) is 4.97. The van der Waals surface area contributed by atoms with Crippen molar-refractivity contribution >= 4 is 35.0 Å². The zero-order valence-corrected chi connectivity index (χ0v) is 13.9. The number of halogens is 1. The molecule has 0 aliphatic rings. The first-order valence-corrected chi connectivity index (χ1v) is 8.02. The number of aryl methyl sites for hydroxylation is 2. The molecule has 2 rings (SSSR count). The molecule has 2 aromatic carbocycles. The largest absolute Gasteiger partial charge is 0.325 e. The summed E-state index contributed by atoms with van der Waals surface area (Å²) in [6, 6.07) is 13.5.